The summed E-state index contributed by atoms with van der Waals surface area (Å²) >= 11 is 1.60. The molecular formula is C31H48N4O4S. The highest BCUT2D eigenvalue weighted by atomic mass is 32.1. The van der Waals surface area contributed by atoms with Crippen LogP contribution in [0, 0.1) is 18.3 Å². The lowest BCUT2D eigenvalue weighted by atomic mass is 9.84. The van der Waals surface area contributed by atoms with E-state index < -0.39 is 34.9 Å². The minimum absolute atomic E-state index is 0.118. The van der Waals surface area contributed by atoms with Gasteiger partial charge >= 0.3 is 0 Å². The molecule has 1 aromatic carbocycles. The predicted molar refractivity (Wildman–Crippen MR) is 161 cm³/mol. The van der Waals surface area contributed by atoms with E-state index in [1.807, 2.05) is 85.2 Å². The Bertz CT molecular complexity index is 1170. The molecule has 1 fully saturated rings. The molecule has 0 saturated carbocycles. The minimum Gasteiger partial charge on any atom is -0.391 e. The number of carbonyl (C=O) groups is 2. The number of aliphatic hydroxyl groups is 1. The van der Waals surface area contributed by atoms with Crippen molar-refractivity contribution in [3.05, 3.63) is 41.0 Å². The number of thiazole rings is 1. The Hall–Kier alpha value is -2.33. The molecule has 1 aromatic heterocycles. The largest absolute Gasteiger partial charge is 0.391 e. The summed E-state index contributed by atoms with van der Waals surface area (Å²) < 4.78 is 6.43. The van der Waals surface area contributed by atoms with E-state index in [9.17, 15) is 14.7 Å². The number of β-amino-alcohol motifs (C(OH)–C–C–N with tert-alkyl or cyclic N) is 1. The number of amides is 2. The molecule has 3 unspecified atom stereocenters. The number of benzene rings is 1. The summed E-state index contributed by atoms with van der Waals surface area (Å²) in [4.78, 5) is 34.3. The number of aliphatic hydroxyl groups excluding tert-OH is 1. The fourth-order valence-corrected chi connectivity index (χ4v) is 5.74. The van der Waals surface area contributed by atoms with Crippen LogP contribution in [0.4, 0.5) is 0 Å². The van der Waals surface area contributed by atoms with Crippen molar-refractivity contribution in [2.45, 2.75) is 112 Å². The van der Waals surface area contributed by atoms with Gasteiger partial charge in [0.05, 0.1) is 33.8 Å². The van der Waals surface area contributed by atoms with Crippen LogP contribution in [0.1, 0.15) is 80.0 Å². The van der Waals surface area contributed by atoms with Crippen LogP contribution in [-0.4, -0.2) is 62.9 Å². The predicted octanol–water partition coefficient (Wildman–Crippen LogP) is 4.89. The maximum absolute atomic E-state index is 14.0. The number of hydrogen-bond acceptors (Lipinski definition) is 7. The molecule has 0 spiro atoms. The van der Waals surface area contributed by atoms with Crippen molar-refractivity contribution >= 4 is 23.2 Å². The maximum atomic E-state index is 14.0. The van der Waals surface area contributed by atoms with E-state index in [0.717, 1.165) is 21.7 Å². The van der Waals surface area contributed by atoms with E-state index in [1.54, 1.807) is 11.3 Å². The van der Waals surface area contributed by atoms with Crippen LogP contribution in [0.5, 0.6) is 0 Å². The van der Waals surface area contributed by atoms with Crippen molar-refractivity contribution in [3.8, 4) is 10.4 Å². The first-order valence-electron chi connectivity index (χ1n) is 14.1. The Labute approximate surface area is 243 Å². The summed E-state index contributed by atoms with van der Waals surface area (Å²) in [5.41, 5.74) is 3.20. The van der Waals surface area contributed by atoms with Crippen molar-refractivity contribution in [2.75, 3.05) is 6.54 Å². The van der Waals surface area contributed by atoms with E-state index in [2.05, 4.69) is 29.5 Å². The smallest absolute Gasteiger partial charge is 0.243 e. The Morgan fingerprint density at radius 1 is 1.12 bits per heavy atom. The Morgan fingerprint density at radius 3 is 2.27 bits per heavy atom. The van der Waals surface area contributed by atoms with Gasteiger partial charge in [-0.2, -0.15) is 0 Å². The molecule has 2 amide bonds. The van der Waals surface area contributed by atoms with Gasteiger partial charge < -0.3 is 20.1 Å². The monoisotopic (exact) mass is 572 g/mol. The zero-order valence-electron chi connectivity index (χ0n) is 25.8. The number of nitrogens with one attached hydrogen (secondary N) is 2. The first kappa shape index (κ1) is 32.2. The summed E-state index contributed by atoms with van der Waals surface area (Å²) in [6.45, 7) is 20.6. The van der Waals surface area contributed by atoms with Gasteiger partial charge in [-0.05, 0) is 57.1 Å². The Morgan fingerprint density at radius 2 is 1.75 bits per heavy atom. The van der Waals surface area contributed by atoms with Crippen molar-refractivity contribution in [2.24, 2.45) is 11.3 Å². The standard InChI is InChI=1S/C31H48N4O4S/c1-19(2)30(7,8)39-31(9,10)34-26(29(4,5)6)28(38)35-17-23(36)15-24(35)27(37)32-16-21-11-13-22(14-12-21)25-20(3)33-18-40-25/h11-14,18-19,23-24,26,34,36H,15-17H2,1-10H3,(H,32,37). The number of aromatic nitrogens is 1. The van der Waals surface area contributed by atoms with E-state index >= 15 is 0 Å². The molecule has 0 radical (unpaired) electrons. The molecule has 3 N–H and O–H groups in total. The SMILES string of the molecule is Cc1ncsc1-c1ccc(CNC(=O)C2CC(O)CN2C(=O)C(NC(C)(C)OC(C)(C)C(C)C)C(C)(C)C)cc1. The molecule has 9 heteroatoms. The number of rotatable bonds is 10. The van der Waals surface area contributed by atoms with Gasteiger partial charge in [-0.15, -0.1) is 11.3 Å². The third-order valence-electron chi connectivity index (χ3n) is 7.81. The van der Waals surface area contributed by atoms with Gasteiger partial charge in [-0.1, -0.05) is 58.9 Å². The number of carbonyl (C=O) groups excluding carboxylic acids is 2. The zero-order chi connectivity index (χ0) is 30.0. The lowest BCUT2D eigenvalue weighted by Gasteiger charge is -2.44. The highest BCUT2D eigenvalue weighted by molar-refractivity contribution is 7.13. The van der Waals surface area contributed by atoms with Gasteiger partial charge in [-0.25, -0.2) is 4.98 Å². The highest BCUT2D eigenvalue weighted by Crippen LogP contribution is 2.31. The van der Waals surface area contributed by atoms with Gasteiger partial charge in [0.25, 0.3) is 0 Å². The van der Waals surface area contributed by atoms with Crippen molar-refractivity contribution in [1.82, 2.24) is 20.5 Å². The van der Waals surface area contributed by atoms with Gasteiger partial charge in [0.2, 0.25) is 11.8 Å². The topological polar surface area (TPSA) is 104 Å². The van der Waals surface area contributed by atoms with Crippen LogP contribution in [-0.2, 0) is 20.9 Å². The first-order valence-corrected chi connectivity index (χ1v) is 15.0. The summed E-state index contributed by atoms with van der Waals surface area (Å²) in [6, 6.07) is 6.66. The molecule has 1 aliphatic rings. The maximum Gasteiger partial charge on any atom is 0.243 e. The Kier molecular flexibility index (Phi) is 9.87. The molecule has 2 aromatic rings. The number of nitrogens with zero attached hydrogens (tertiary/aromatic N) is 2. The second kappa shape index (κ2) is 12.3. The van der Waals surface area contributed by atoms with E-state index in [-0.39, 0.29) is 30.7 Å². The van der Waals surface area contributed by atoms with Crippen molar-refractivity contribution < 1.29 is 19.4 Å². The summed E-state index contributed by atoms with van der Waals surface area (Å²) in [5, 5.41) is 16.9. The third kappa shape index (κ3) is 7.90. The van der Waals surface area contributed by atoms with Crippen molar-refractivity contribution in [1.29, 1.82) is 0 Å². The molecule has 8 nitrogen and oxygen atoms in total. The molecule has 2 heterocycles. The van der Waals surface area contributed by atoms with E-state index in [1.165, 1.54) is 4.90 Å². The van der Waals surface area contributed by atoms with Crippen LogP contribution >= 0.6 is 11.3 Å². The number of hydrogen-bond donors (Lipinski definition) is 3. The second-order valence-corrected chi connectivity index (χ2v) is 14.2. The average molecular weight is 573 g/mol. The highest BCUT2D eigenvalue weighted by Gasteiger charge is 2.46. The quantitative estimate of drug-likeness (QED) is 0.351. The summed E-state index contributed by atoms with van der Waals surface area (Å²) in [6.07, 6.45) is -0.551. The van der Waals surface area contributed by atoms with Gasteiger partial charge in [0.1, 0.15) is 11.8 Å². The van der Waals surface area contributed by atoms with Gasteiger partial charge in [0.15, 0.2) is 0 Å². The first-order chi connectivity index (χ1) is 18.4. The zero-order valence-corrected chi connectivity index (χ0v) is 26.6. The van der Waals surface area contributed by atoms with Crippen molar-refractivity contribution in [3.63, 3.8) is 0 Å². The molecule has 1 aliphatic heterocycles. The number of ether oxygens (including phenoxy) is 1. The minimum atomic E-state index is -0.804. The number of aryl methyl sites for hydroxylation is 1. The molecular weight excluding hydrogens is 524 g/mol. The third-order valence-corrected chi connectivity index (χ3v) is 8.78. The van der Waals surface area contributed by atoms with Crippen LogP contribution in [0.3, 0.4) is 0 Å². The van der Waals surface area contributed by atoms with Gasteiger partial charge in [0, 0.05) is 19.5 Å². The summed E-state index contributed by atoms with van der Waals surface area (Å²) in [5.74, 6) is -0.212. The van der Waals surface area contributed by atoms with E-state index in [0.29, 0.717) is 6.54 Å². The number of likely N-dealkylation sites (tertiary alicyclic amines) is 1. The van der Waals surface area contributed by atoms with Crippen LogP contribution in [0.15, 0.2) is 29.8 Å². The second-order valence-electron chi connectivity index (χ2n) is 13.4. The molecule has 1 saturated heterocycles. The fraction of sp³-hybridized carbons (Fsp3) is 0.645. The van der Waals surface area contributed by atoms with E-state index in [4.69, 9.17) is 4.74 Å². The molecule has 40 heavy (non-hydrogen) atoms. The molecule has 222 valence electrons. The molecule has 3 atom stereocenters. The lowest BCUT2D eigenvalue weighted by molar-refractivity contribution is -0.172. The van der Waals surface area contributed by atoms with Crippen LogP contribution in [0.2, 0.25) is 0 Å². The molecule has 0 bridgehead atoms. The lowest BCUT2D eigenvalue weighted by Crippen LogP contribution is -2.62. The fourth-order valence-electron chi connectivity index (χ4n) is 4.93. The molecule has 3 rings (SSSR count). The summed E-state index contributed by atoms with van der Waals surface area (Å²) in [7, 11) is 0. The Balaban J connectivity index is 1.71. The molecule has 0 aliphatic carbocycles. The normalized spacial score (nSPS) is 19.2. The van der Waals surface area contributed by atoms with Crippen LogP contribution < -0.4 is 10.6 Å². The van der Waals surface area contributed by atoms with Gasteiger partial charge in [-0.3, -0.25) is 14.9 Å². The average Bonchev–Trinajstić information content (AvgIpc) is 3.45. The van der Waals surface area contributed by atoms with Crippen LogP contribution in [0.25, 0.3) is 10.4 Å².